The quantitative estimate of drug-likeness (QED) is 0.670. The van der Waals surface area contributed by atoms with Gasteiger partial charge in [-0.1, -0.05) is 6.92 Å². The van der Waals surface area contributed by atoms with Gasteiger partial charge < -0.3 is 14.7 Å². The fraction of sp³-hybridized carbons (Fsp3) is 1.00. The molecule has 1 saturated heterocycles. The van der Waals surface area contributed by atoms with Crippen LogP contribution in [0.25, 0.3) is 0 Å². The molecule has 1 N–H and O–H groups in total. The Balaban J connectivity index is 2.28. The molecule has 0 bridgehead atoms. The second-order valence-electron chi connectivity index (χ2n) is 5.76. The van der Waals surface area contributed by atoms with E-state index in [4.69, 9.17) is 9.84 Å². The molecular formula is C17H36N2O2S4. The first-order chi connectivity index (χ1) is 12.4. The number of aliphatic hydroxyl groups excluding tert-OH is 1. The molecule has 1 aliphatic heterocycles. The third-order valence-electron chi connectivity index (χ3n) is 3.91. The van der Waals surface area contributed by atoms with E-state index in [1.807, 2.05) is 0 Å². The SMILES string of the molecule is CCN1CCSCCSCCN(COCCO)CCSCCSCC1. The smallest absolute Gasteiger partial charge is 0.0991 e. The Morgan fingerprint density at radius 2 is 1.16 bits per heavy atom. The molecular weight excluding hydrogens is 392 g/mol. The van der Waals surface area contributed by atoms with Crippen molar-refractivity contribution in [3.63, 3.8) is 0 Å². The van der Waals surface area contributed by atoms with Gasteiger partial charge in [-0.2, -0.15) is 47.0 Å². The molecule has 0 saturated carbocycles. The second kappa shape index (κ2) is 18.6. The Labute approximate surface area is 171 Å². The summed E-state index contributed by atoms with van der Waals surface area (Å²) in [5.41, 5.74) is 0. The summed E-state index contributed by atoms with van der Waals surface area (Å²) in [7, 11) is 0. The zero-order chi connectivity index (χ0) is 18.0. The highest BCUT2D eigenvalue weighted by atomic mass is 32.2. The van der Waals surface area contributed by atoms with Crippen LogP contribution in [0.15, 0.2) is 0 Å². The summed E-state index contributed by atoms with van der Waals surface area (Å²) in [5.74, 6) is 9.86. The number of thioether (sulfide) groups is 4. The zero-order valence-corrected chi connectivity index (χ0v) is 19.0. The van der Waals surface area contributed by atoms with Crippen LogP contribution in [0.1, 0.15) is 6.92 Å². The Morgan fingerprint density at radius 3 is 1.56 bits per heavy atom. The first-order valence-corrected chi connectivity index (χ1v) is 13.9. The molecule has 0 unspecified atom stereocenters. The van der Waals surface area contributed by atoms with Gasteiger partial charge in [0.1, 0.15) is 0 Å². The highest BCUT2D eigenvalue weighted by molar-refractivity contribution is 8.03. The predicted molar refractivity (Wildman–Crippen MR) is 121 cm³/mol. The second-order valence-corrected chi connectivity index (χ2v) is 10.7. The van der Waals surface area contributed by atoms with E-state index in [1.54, 1.807) is 0 Å². The van der Waals surface area contributed by atoms with Crippen molar-refractivity contribution in [2.45, 2.75) is 6.92 Å². The van der Waals surface area contributed by atoms with Gasteiger partial charge in [0, 0.05) is 72.2 Å². The van der Waals surface area contributed by atoms with E-state index in [1.165, 1.54) is 65.7 Å². The summed E-state index contributed by atoms with van der Waals surface area (Å²) in [4.78, 5) is 4.98. The van der Waals surface area contributed by atoms with E-state index >= 15 is 0 Å². The van der Waals surface area contributed by atoms with E-state index in [9.17, 15) is 0 Å². The normalized spacial score (nSPS) is 22.3. The van der Waals surface area contributed by atoms with Crippen LogP contribution in [-0.4, -0.2) is 114 Å². The first-order valence-electron chi connectivity index (χ1n) is 9.31. The zero-order valence-electron chi connectivity index (χ0n) is 15.7. The number of aliphatic hydroxyl groups is 1. The van der Waals surface area contributed by atoms with Gasteiger partial charge in [0.15, 0.2) is 0 Å². The molecule has 4 nitrogen and oxygen atoms in total. The standard InChI is InChI=1S/C17H36N2O2S4/c1-2-18-3-9-22-13-15-24-11-5-19(17-21-8-7-20)6-12-25-16-14-23-10-4-18/h20H,2-17H2,1H3. The molecule has 0 aromatic carbocycles. The summed E-state index contributed by atoms with van der Waals surface area (Å²) in [5, 5.41) is 8.87. The molecule has 1 rings (SSSR count). The lowest BCUT2D eigenvalue weighted by molar-refractivity contribution is 0.0171. The molecule has 0 amide bonds. The topological polar surface area (TPSA) is 35.9 Å². The van der Waals surface area contributed by atoms with E-state index in [0.717, 1.165) is 13.1 Å². The minimum atomic E-state index is 0.112. The van der Waals surface area contributed by atoms with Gasteiger partial charge in [-0.15, -0.1) is 0 Å². The highest BCUT2D eigenvalue weighted by Crippen LogP contribution is 2.11. The monoisotopic (exact) mass is 428 g/mol. The van der Waals surface area contributed by atoms with Crippen molar-refractivity contribution in [1.29, 1.82) is 0 Å². The van der Waals surface area contributed by atoms with Crippen molar-refractivity contribution >= 4 is 47.0 Å². The lowest BCUT2D eigenvalue weighted by Gasteiger charge is -2.22. The molecule has 1 heterocycles. The summed E-state index contributed by atoms with van der Waals surface area (Å²) in [6, 6.07) is 0. The first kappa shape index (κ1) is 24.3. The van der Waals surface area contributed by atoms with Gasteiger partial charge in [0.2, 0.25) is 0 Å². The molecule has 8 heteroatoms. The van der Waals surface area contributed by atoms with E-state index in [2.05, 4.69) is 63.8 Å². The van der Waals surface area contributed by atoms with Crippen molar-refractivity contribution in [3.05, 3.63) is 0 Å². The minimum Gasteiger partial charge on any atom is -0.394 e. The van der Waals surface area contributed by atoms with Crippen LogP contribution in [-0.2, 0) is 4.74 Å². The van der Waals surface area contributed by atoms with Crippen LogP contribution in [0.5, 0.6) is 0 Å². The summed E-state index contributed by atoms with van der Waals surface area (Å²) in [6.45, 7) is 9.30. The molecule has 0 atom stereocenters. The molecule has 0 spiro atoms. The summed E-state index contributed by atoms with van der Waals surface area (Å²) >= 11 is 8.30. The number of hydrogen-bond acceptors (Lipinski definition) is 8. The molecule has 0 aromatic rings. The van der Waals surface area contributed by atoms with E-state index in [0.29, 0.717) is 13.3 Å². The molecule has 0 aromatic heterocycles. The maximum Gasteiger partial charge on any atom is 0.0991 e. The Hall–Kier alpha value is 1.24. The maximum absolute atomic E-state index is 8.87. The lowest BCUT2D eigenvalue weighted by atomic mass is 10.5. The average Bonchev–Trinajstić information content (AvgIpc) is 2.63. The minimum absolute atomic E-state index is 0.112. The van der Waals surface area contributed by atoms with Crippen molar-refractivity contribution in [2.24, 2.45) is 0 Å². The van der Waals surface area contributed by atoms with E-state index in [-0.39, 0.29) is 6.61 Å². The van der Waals surface area contributed by atoms with Gasteiger partial charge in [0.25, 0.3) is 0 Å². The van der Waals surface area contributed by atoms with E-state index < -0.39 is 0 Å². The molecule has 0 radical (unpaired) electrons. The van der Waals surface area contributed by atoms with Gasteiger partial charge >= 0.3 is 0 Å². The van der Waals surface area contributed by atoms with Crippen LogP contribution < -0.4 is 0 Å². The molecule has 1 aliphatic rings. The summed E-state index contributed by atoms with van der Waals surface area (Å²) < 4.78 is 5.52. The largest absolute Gasteiger partial charge is 0.394 e. The van der Waals surface area contributed by atoms with Crippen LogP contribution in [0.4, 0.5) is 0 Å². The number of hydrogen-bond donors (Lipinski definition) is 1. The Morgan fingerprint density at radius 1 is 0.720 bits per heavy atom. The molecule has 25 heavy (non-hydrogen) atoms. The number of rotatable bonds is 5. The fourth-order valence-corrected chi connectivity index (χ4v) is 6.60. The van der Waals surface area contributed by atoms with Crippen molar-refractivity contribution < 1.29 is 9.84 Å². The highest BCUT2D eigenvalue weighted by Gasteiger charge is 2.06. The Kier molecular flexibility index (Phi) is 18.1. The Bertz CT molecular complexity index is 271. The van der Waals surface area contributed by atoms with Gasteiger partial charge in [-0.05, 0) is 6.54 Å². The predicted octanol–water partition coefficient (Wildman–Crippen LogP) is 2.52. The molecule has 0 aliphatic carbocycles. The molecule has 1 fully saturated rings. The van der Waals surface area contributed by atoms with Crippen LogP contribution >= 0.6 is 47.0 Å². The van der Waals surface area contributed by atoms with Crippen molar-refractivity contribution in [2.75, 3.05) is 98.7 Å². The average molecular weight is 429 g/mol. The van der Waals surface area contributed by atoms with Gasteiger partial charge in [-0.3, -0.25) is 4.90 Å². The summed E-state index contributed by atoms with van der Waals surface area (Å²) in [6.07, 6.45) is 0. The third-order valence-corrected chi connectivity index (χ3v) is 8.28. The van der Waals surface area contributed by atoms with Crippen LogP contribution in [0.2, 0.25) is 0 Å². The lowest BCUT2D eigenvalue weighted by Crippen LogP contribution is -2.31. The number of ether oxygens (including phenoxy) is 1. The van der Waals surface area contributed by atoms with Gasteiger partial charge in [0.05, 0.1) is 19.9 Å². The van der Waals surface area contributed by atoms with Gasteiger partial charge in [-0.25, -0.2) is 0 Å². The van der Waals surface area contributed by atoms with Crippen LogP contribution in [0, 0.1) is 0 Å². The molecule has 150 valence electrons. The third kappa shape index (κ3) is 14.9. The number of nitrogens with zero attached hydrogens (tertiary/aromatic N) is 2. The fourth-order valence-electron chi connectivity index (χ4n) is 2.35. The van der Waals surface area contributed by atoms with Crippen molar-refractivity contribution in [3.8, 4) is 0 Å². The maximum atomic E-state index is 8.87. The van der Waals surface area contributed by atoms with Crippen molar-refractivity contribution in [1.82, 2.24) is 9.80 Å². The van der Waals surface area contributed by atoms with Crippen LogP contribution in [0.3, 0.4) is 0 Å².